The molecule has 1 aliphatic heterocycles. The molecule has 0 radical (unpaired) electrons. The Balaban J connectivity index is 1.93. The molecule has 0 saturated carbocycles. The van der Waals surface area contributed by atoms with Crippen molar-refractivity contribution in [1.82, 2.24) is 14.9 Å². The standard InChI is InChI=1S/C16H17ClN4O3S/c1-20(2)16-18-7-9(8-19-16)15-21(3)10(6-13(22)23)14(24-15)11-4-5-12(17)25-11/h4-5,7-8,15H,6H2,1-3H3,(H,22,23). The number of anilines is 1. The van der Waals surface area contributed by atoms with Crippen LogP contribution in [0.1, 0.15) is 23.1 Å². The number of carboxylic acids is 1. The first-order chi connectivity index (χ1) is 11.9. The van der Waals surface area contributed by atoms with Gasteiger partial charge in [-0.05, 0) is 12.1 Å². The van der Waals surface area contributed by atoms with Crippen LogP contribution in [0.25, 0.3) is 5.76 Å². The summed E-state index contributed by atoms with van der Waals surface area (Å²) in [7, 11) is 5.52. The average molecular weight is 381 g/mol. The summed E-state index contributed by atoms with van der Waals surface area (Å²) < 4.78 is 6.69. The second kappa shape index (κ2) is 6.89. The molecule has 1 unspecified atom stereocenters. The lowest BCUT2D eigenvalue weighted by Gasteiger charge is -2.22. The van der Waals surface area contributed by atoms with Crippen molar-refractivity contribution in [2.75, 3.05) is 26.0 Å². The van der Waals surface area contributed by atoms with E-state index in [-0.39, 0.29) is 6.42 Å². The maximum absolute atomic E-state index is 11.3. The smallest absolute Gasteiger partial charge is 0.309 e. The van der Waals surface area contributed by atoms with Gasteiger partial charge in [0.25, 0.3) is 0 Å². The number of ether oxygens (including phenoxy) is 1. The van der Waals surface area contributed by atoms with E-state index < -0.39 is 12.2 Å². The van der Waals surface area contributed by atoms with Crippen molar-refractivity contribution in [2.45, 2.75) is 12.6 Å². The minimum Gasteiger partial charge on any atom is -0.481 e. The normalized spacial score (nSPS) is 17.0. The Bertz CT molecular complexity index is 819. The first-order valence-corrected chi connectivity index (χ1v) is 8.65. The summed E-state index contributed by atoms with van der Waals surface area (Å²) in [6.07, 6.45) is 2.74. The molecule has 25 heavy (non-hydrogen) atoms. The highest BCUT2D eigenvalue weighted by Crippen LogP contribution is 2.43. The first-order valence-electron chi connectivity index (χ1n) is 7.46. The molecule has 0 bridgehead atoms. The number of aromatic nitrogens is 2. The summed E-state index contributed by atoms with van der Waals surface area (Å²) in [6, 6.07) is 3.59. The van der Waals surface area contributed by atoms with Crippen molar-refractivity contribution >= 4 is 40.6 Å². The lowest BCUT2D eigenvalue weighted by Crippen LogP contribution is -2.22. The second-order valence-corrected chi connectivity index (χ2v) is 7.46. The van der Waals surface area contributed by atoms with E-state index in [2.05, 4.69) is 9.97 Å². The number of halogens is 1. The Kier molecular flexibility index (Phi) is 4.82. The summed E-state index contributed by atoms with van der Waals surface area (Å²) in [5.74, 6) is 0.197. The van der Waals surface area contributed by atoms with Crippen LogP contribution < -0.4 is 4.90 Å². The van der Waals surface area contributed by atoms with Crippen LogP contribution in [0.2, 0.25) is 4.34 Å². The maximum Gasteiger partial charge on any atom is 0.309 e. The van der Waals surface area contributed by atoms with Gasteiger partial charge in [0.15, 0.2) is 5.76 Å². The number of thiophene rings is 1. The topological polar surface area (TPSA) is 78.8 Å². The molecule has 0 saturated heterocycles. The molecular formula is C16H17ClN4O3S. The fraction of sp³-hybridized carbons (Fsp3) is 0.312. The number of carboxylic acid groups (broad SMARTS) is 1. The van der Waals surface area contributed by atoms with Crippen LogP contribution in [0.4, 0.5) is 5.95 Å². The third-order valence-corrected chi connectivity index (χ3v) is 4.96. The molecule has 3 rings (SSSR count). The predicted molar refractivity (Wildman–Crippen MR) is 96.4 cm³/mol. The number of hydrogen-bond acceptors (Lipinski definition) is 7. The molecule has 1 atom stereocenters. The zero-order chi connectivity index (χ0) is 18.1. The van der Waals surface area contributed by atoms with E-state index in [1.165, 1.54) is 11.3 Å². The lowest BCUT2D eigenvalue weighted by atomic mass is 10.2. The van der Waals surface area contributed by atoms with Gasteiger partial charge < -0.3 is 19.6 Å². The van der Waals surface area contributed by atoms with Crippen molar-refractivity contribution in [3.05, 3.63) is 45.0 Å². The van der Waals surface area contributed by atoms with Gasteiger partial charge in [0.1, 0.15) is 0 Å². The van der Waals surface area contributed by atoms with Crippen molar-refractivity contribution in [3.63, 3.8) is 0 Å². The van der Waals surface area contributed by atoms with Gasteiger partial charge >= 0.3 is 5.97 Å². The molecule has 132 valence electrons. The van der Waals surface area contributed by atoms with Gasteiger partial charge in [0, 0.05) is 33.5 Å². The van der Waals surface area contributed by atoms with Crippen LogP contribution >= 0.6 is 22.9 Å². The van der Waals surface area contributed by atoms with E-state index in [1.807, 2.05) is 20.2 Å². The predicted octanol–water partition coefficient (Wildman–Crippen LogP) is 3.06. The number of nitrogens with zero attached hydrogens (tertiary/aromatic N) is 4. The van der Waals surface area contributed by atoms with E-state index in [1.54, 1.807) is 35.3 Å². The number of hydrogen-bond donors (Lipinski definition) is 1. The van der Waals surface area contributed by atoms with Crippen molar-refractivity contribution in [1.29, 1.82) is 0 Å². The molecule has 1 aliphatic rings. The Morgan fingerprint density at radius 1 is 1.40 bits per heavy atom. The fourth-order valence-corrected chi connectivity index (χ4v) is 3.58. The van der Waals surface area contributed by atoms with Crippen LogP contribution in [0.15, 0.2) is 30.2 Å². The van der Waals surface area contributed by atoms with Gasteiger partial charge in [0.05, 0.1) is 26.9 Å². The monoisotopic (exact) mass is 380 g/mol. The van der Waals surface area contributed by atoms with Gasteiger partial charge in [-0.25, -0.2) is 9.97 Å². The van der Waals surface area contributed by atoms with E-state index in [9.17, 15) is 9.90 Å². The van der Waals surface area contributed by atoms with Gasteiger partial charge in [-0.3, -0.25) is 4.79 Å². The average Bonchev–Trinajstić information content (AvgIpc) is 3.12. The molecule has 9 heteroatoms. The molecule has 2 aromatic rings. The lowest BCUT2D eigenvalue weighted by molar-refractivity contribution is -0.136. The van der Waals surface area contributed by atoms with Gasteiger partial charge in [-0.15, -0.1) is 11.3 Å². The third-order valence-electron chi connectivity index (χ3n) is 3.73. The molecule has 7 nitrogen and oxygen atoms in total. The SMILES string of the molecule is CN(C)c1ncc(C2OC(c3ccc(Cl)s3)=C(CC(=O)O)N2C)cn1. The molecule has 1 N–H and O–H groups in total. The van der Waals surface area contributed by atoms with E-state index >= 15 is 0 Å². The summed E-state index contributed by atoms with van der Waals surface area (Å²) in [5.41, 5.74) is 1.33. The van der Waals surface area contributed by atoms with Crippen molar-refractivity contribution in [3.8, 4) is 0 Å². The zero-order valence-electron chi connectivity index (χ0n) is 13.9. The molecule has 2 aromatic heterocycles. The summed E-state index contributed by atoms with van der Waals surface area (Å²) >= 11 is 7.36. The molecule has 0 amide bonds. The van der Waals surface area contributed by atoms with E-state index in [0.29, 0.717) is 21.7 Å². The molecule has 0 fully saturated rings. The maximum atomic E-state index is 11.3. The van der Waals surface area contributed by atoms with Crippen molar-refractivity contribution in [2.24, 2.45) is 0 Å². The molecule has 3 heterocycles. The molecular weight excluding hydrogens is 364 g/mol. The Morgan fingerprint density at radius 3 is 2.60 bits per heavy atom. The van der Waals surface area contributed by atoms with Crippen LogP contribution in [-0.2, 0) is 9.53 Å². The number of rotatable bonds is 5. The van der Waals surface area contributed by atoms with Crippen LogP contribution in [-0.4, -0.2) is 47.1 Å². The van der Waals surface area contributed by atoms with Gasteiger partial charge in [-0.1, -0.05) is 11.6 Å². The summed E-state index contributed by atoms with van der Waals surface area (Å²) in [6.45, 7) is 0. The molecule has 0 aliphatic carbocycles. The van der Waals surface area contributed by atoms with Crippen LogP contribution in [0.5, 0.6) is 0 Å². The Labute approximate surface area is 154 Å². The minimum atomic E-state index is -0.926. The van der Waals surface area contributed by atoms with Crippen LogP contribution in [0, 0.1) is 0 Å². The Hall–Kier alpha value is -2.32. The summed E-state index contributed by atoms with van der Waals surface area (Å²) in [4.78, 5) is 24.3. The molecule has 0 spiro atoms. The highest BCUT2D eigenvalue weighted by atomic mass is 35.5. The minimum absolute atomic E-state index is 0.144. The van der Waals surface area contributed by atoms with E-state index in [4.69, 9.17) is 16.3 Å². The van der Waals surface area contributed by atoms with Crippen molar-refractivity contribution < 1.29 is 14.6 Å². The zero-order valence-corrected chi connectivity index (χ0v) is 15.5. The first kappa shape index (κ1) is 17.5. The Morgan fingerprint density at radius 2 is 2.08 bits per heavy atom. The van der Waals surface area contributed by atoms with Gasteiger partial charge in [0.2, 0.25) is 12.2 Å². The molecule has 0 aromatic carbocycles. The highest BCUT2D eigenvalue weighted by molar-refractivity contribution is 7.17. The summed E-state index contributed by atoms with van der Waals surface area (Å²) in [5, 5.41) is 9.25. The largest absolute Gasteiger partial charge is 0.481 e. The highest BCUT2D eigenvalue weighted by Gasteiger charge is 2.34. The van der Waals surface area contributed by atoms with E-state index in [0.717, 1.165) is 10.4 Å². The van der Waals surface area contributed by atoms with Gasteiger partial charge in [-0.2, -0.15) is 0 Å². The number of aliphatic carboxylic acids is 1. The van der Waals surface area contributed by atoms with Crippen LogP contribution in [0.3, 0.4) is 0 Å². The second-order valence-electron chi connectivity index (χ2n) is 5.74. The quantitative estimate of drug-likeness (QED) is 0.853. The third kappa shape index (κ3) is 3.54. The number of carbonyl (C=O) groups is 1. The fourth-order valence-electron chi connectivity index (χ4n) is 2.53.